The van der Waals surface area contributed by atoms with E-state index in [0.29, 0.717) is 6.42 Å². The van der Waals surface area contributed by atoms with E-state index in [0.717, 1.165) is 49.7 Å². The molecule has 25 heavy (non-hydrogen) atoms. The summed E-state index contributed by atoms with van der Waals surface area (Å²) in [6.45, 7) is 8.26. The number of hydrogen-bond acceptors (Lipinski definition) is 4. The fraction of sp³-hybridized carbons (Fsp3) is 0.474. The molecular formula is C19H26ClN3O2. The lowest BCUT2D eigenvalue weighted by Crippen LogP contribution is -2.41. The third kappa shape index (κ3) is 4.69. The van der Waals surface area contributed by atoms with Gasteiger partial charge in [-0.1, -0.05) is 37.3 Å². The van der Waals surface area contributed by atoms with Crippen LogP contribution in [0.2, 0.25) is 0 Å². The second-order valence-electron chi connectivity index (χ2n) is 6.29. The van der Waals surface area contributed by atoms with Gasteiger partial charge in [-0.3, -0.25) is 9.69 Å². The number of nitrogens with zero attached hydrogens (tertiary/aromatic N) is 3. The minimum atomic E-state index is 0. The standard InChI is InChI=1S/C19H25N3O2.ClH/c1-3-16-13-18(17-7-5-4-6-8-17)20-22(19(16)23)15(2)14-21-9-11-24-12-10-21;/h4-8,13,15H,3,9-12,14H2,1-2H3;1H. The number of morpholine rings is 1. The first-order valence-electron chi connectivity index (χ1n) is 8.67. The van der Waals surface area contributed by atoms with E-state index in [4.69, 9.17) is 4.74 Å². The normalized spacial score (nSPS) is 16.2. The number of aromatic nitrogens is 2. The van der Waals surface area contributed by atoms with Crippen LogP contribution in [0.25, 0.3) is 11.3 Å². The zero-order valence-electron chi connectivity index (χ0n) is 14.9. The molecule has 5 nitrogen and oxygen atoms in total. The Morgan fingerprint density at radius 3 is 2.52 bits per heavy atom. The summed E-state index contributed by atoms with van der Waals surface area (Å²) in [5.41, 5.74) is 2.75. The highest BCUT2D eigenvalue weighted by atomic mass is 35.5. The highest BCUT2D eigenvalue weighted by Gasteiger charge is 2.18. The van der Waals surface area contributed by atoms with E-state index in [2.05, 4.69) is 16.9 Å². The molecule has 0 saturated carbocycles. The van der Waals surface area contributed by atoms with Gasteiger partial charge in [0.15, 0.2) is 0 Å². The summed E-state index contributed by atoms with van der Waals surface area (Å²) >= 11 is 0. The molecule has 1 atom stereocenters. The highest BCUT2D eigenvalue weighted by molar-refractivity contribution is 5.85. The summed E-state index contributed by atoms with van der Waals surface area (Å²) in [5, 5.41) is 4.66. The largest absolute Gasteiger partial charge is 0.379 e. The maximum atomic E-state index is 12.7. The van der Waals surface area contributed by atoms with Crippen LogP contribution in [-0.4, -0.2) is 47.5 Å². The van der Waals surface area contributed by atoms with Gasteiger partial charge in [-0.25, -0.2) is 4.68 Å². The topological polar surface area (TPSA) is 47.4 Å². The minimum Gasteiger partial charge on any atom is -0.379 e. The van der Waals surface area contributed by atoms with Crippen molar-refractivity contribution in [3.8, 4) is 11.3 Å². The van der Waals surface area contributed by atoms with Crippen LogP contribution in [0.4, 0.5) is 0 Å². The Bertz CT molecular complexity index is 727. The molecule has 1 saturated heterocycles. The van der Waals surface area contributed by atoms with Gasteiger partial charge in [0.1, 0.15) is 0 Å². The lowest BCUT2D eigenvalue weighted by molar-refractivity contribution is 0.0316. The molecule has 1 aliphatic rings. The van der Waals surface area contributed by atoms with Gasteiger partial charge in [-0.2, -0.15) is 5.10 Å². The quantitative estimate of drug-likeness (QED) is 0.819. The van der Waals surface area contributed by atoms with Crippen molar-refractivity contribution in [2.24, 2.45) is 0 Å². The lowest BCUT2D eigenvalue weighted by Gasteiger charge is -2.29. The monoisotopic (exact) mass is 363 g/mol. The maximum absolute atomic E-state index is 12.7. The summed E-state index contributed by atoms with van der Waals surface area (Å²) < 4.78 is 7.06. The van der Waals surface area contributed by atoms with Gasteiger partial charge < -0.3 is 4.74 Å². The van der Waals surface area contributed by atoms with Crippen LogP contribution in [-0.2, 0) is 11.2 Å². The molecule has 6 heteroatoms. The zero-order chi connectivity index (χ0) is 16.9. The van der Waals surface area contributed by atoms with E-state index in [1.54, 1.807) is 4.68 Å². The van der Waals surface area contributed by atoms with E-state index in [1.165, 1.54) is 0 Å². The zero-order valence-corrected chi connectivity index (χ0v) is 15.7. The number of ether oxygens (including phenoxy) is 1. The van der Waals surface area contributed by atoms with Gasteiger partial charge >= 0.3 is 0 Å². The second-order valence-corrected chi connectivity index (χ2v) is 6.29. The summed E-state index contributed by atoms with van der Waals surface area (Å²) in [7, 11) is 0. The Balaban J connectivity index is 0.00000225. The minimum absolute atomic E-state index is 0. The number of halogens is 1. The molecule has 1 unspecified atom stereocenters. The van der Waals surface area contributed by atoms with E-state index < -0.39 is 0 Å². The molecule has 1 fully saturated rings. The van der Waals surface area contributed by atoms with Gasteiger partial charge in [0.25, 0.3) is 5.56 Å². The molecule has 0 radical (unpaired) electrons. The lowest BCUT2D eigenvalue weighted by atomic mass is 10.1. The molecule has 0 spiro atoms. The SMILES string of the molecule is CCc1cc(-c2ccccc2)nn(C(C)CN2CCOCC2)c1=O.Cl. The Morgan fingerprint density at radius 2 is 1.88 bits per heavy atom. The second kappa shape index (κ2) is 9.13. The third-order valence-electron chi connectivity index (χ3n) is 4.50. The van der Waals surface area contributed by atoms with Crippen molar-refractivity contribution in [1.29, 1.82) is 0 Å². The Kier molecular flexibility index (Phi) is 7.17. The van der Waals surface area contributed by atoms with Crippen molar-refractivity contribution in [3.63, 3.8) is 0 Å². The summed E-state index contributed by atoms with van der Waals surface area (Å²) in [5.74, 6) is 0. The Labute approximate surface area is 155 Å². The van der Waals surface area contributed by atoms with Crippen LogP contribution in [0.1, 0.15) is 25.5 Å². The Morgan fingerprint density at radius 1 is 1.20 bits per heavy atom. The molecule has 0 amide bonds. The maximum Gasteiger partial charge on any atom is 0.270 e. The fourth-order valence-electron chi connectivity index (χ4n) is 3.10. The summed E-state index contributed by atoms with van der Waals surface area (Å²) in [6.07, 6.45) is 0.714. The van der Waals surface area contributed by atoms with Crippen LogP contribution in [0, 0.1) is 0 Å². The van der Waals surface area contributed by atoms with Crippen LogP contribution in [0.3, 0.4) is 0 Å². The van der Waals surface area contributed by atoms with E-state index in [9.17, 15) is 4.79 Å². The van der Waals surface area contributed by atoms with Gasteiger partial charge in [0, 0.05) is 30.8 Å². The average Bonchev–Trinajstić information content (AvgIpc) is 2.63. The first kappa shape index (κ1) is 19.6. The van der Waals surface area contributed by atoms with Crippen molar-refractivity contribution < 1.29 is 4.74 Å². The van der Waals surface area contributed by atoms with Crippen molar-refractivity contribution >= 4 is 12.4 Å². The number of benzene rings is 1. The van der Waals surface area contributed by atoms with E-state index >= 15 is 0 Å². The smallest absolute Gasteiger partial charge is 0.270 e. The third-order valence-corrected chi connectivity index (χ3v) is 4.50. The number of rotatable bonds is 5. The predicted octanol–water partition coefficient (Wildman–Crippen LogP) is 2.79. The number of aryl methyl sites for hydroxylation is 1. The molecule has 0 bridgehead atoms. The van der Waals surface area contributed by atoms with Crippen molar-refractivity contribution in [1.82, 2.24) is 14.7 Å². The van der Waals surface area contributed by atoms with Crippen LogP contribution in [0.5, 0.6) is 0 Å². The fourth-order valence-corrected chi connectivity index (χ4v) is 3.10. The van der Waals surface area contributed by atoms with Gasteiger partial charge in [0.05, 0.1) is 24.9 Å². The Hall–Kier alpha value is -1.69. The predicted molar refractivity (Wildman–Crippen MR) is 103 cm³/mol. The van der Waals surface area contributed by atoms with Crippen molar-refractivity contribution in [2.75, 3.05) is 32.8 Å². The molecule has 0 N–H and O–H groups in total. The molecule has 1 aliphatic heterocycles. The van der Waals surface area contributed by atoms with Gasteiger partial charge in [-0.05, 0) is 19.4 Å². The molecule has 136 valence electrons. The molecule has 1 aromatic heterocycles. The highest BCUT2D eigenvalue weighted by Crippen LogP contribution is 2.17. The van der Waals surface area contributed by atoms with Crippen LogP contribution in [0.15, 0.2) is 41.2 Å². The molecule has 2 heterocycles. The van der Waals surface area contributed by atoms with Gasteiger partial charge in [0.2, 0.25) is 0 Å². The van der Waals surface area contributed by atoms with Crippen molar-refractivity contribution in [3.05, 3.63) is 52.3 Å². The summed E-state index contributed by atoms with van der Waals surface area (Å²) in [6, 6.07) is 12.0. The van der Waals surface area contributed by atoms with Crippen LogP contribution >= 0.6 is 12.4 Å². The summed E-state index contributed by atoms with van der Waals surface area (Å²) in [4.78, 5) is 15.1. The molecule has 0 aliphatic carbocycles. The average molecular weight is 364 g/mol. The van der Waals surface area contributed by atoms with E-state index in [1.807, 2.05) is 43.3 Å². The van der Waals surface area contributed by atoms with E-state index in [-0.39, 0.29) is 24.0 Å². The van der Waals surface area contributed by atoms with Gasteiger partial charge in [-0.15, -0.1) is 12.4 Å². The number of hydrogen-bond donors (Lipinski definition) is 0. The van der Waals surface area contributed by atoms with Crippen LogP contribution < -0.4 is 5.56 Å². The first-order valence-corrected chi connectivity index (χ1v) is 8.67. The molecule has 1 aromatic carbocycles. The molecule has 3 rings (SSSR count). The molecular weight excluding hydrogens is 338 g/mol. The molecule has 2 aromatic rings. The van der Waals surface area contributed by atoms with Crippen molar-refractivity contribution in [2.45, 2.75) is 26.3 Å². The first-order chi connectivity index (χ1) is 11.7.